The van der Waals surface area contributed by atoms with Crippen LogP contribution in [-0.2, 0) is 0 Å². The topological polar surface area (TPSA) is 36.8 Å². The second-order valence-corrected chi connectivity index (χ2v) is 7.49. The van der Waals surface area contributed by atoms with Crippen molar-refractivity contribution in [2.45, 2.75) is 109 Å². The van der Waals surface area contributed by atoms with Crippen LogP contribution in [-0.4, -0.2) is 29.7 Å². The van der Waals surface area contributed by atoms with E-state index in [9.17, 15) is 0 Å². The monoisotopic (exact) mass is 369 g/mol. The van der Waals surface area contributed by atoms with Crippen molar-refractivity contribution in [1.82, 2.24) is 0 Å². The molecular formula is C19H41Cl2NO. The van der Waals surface area contributed by atoms with Gasteiger partial charge in [0.15, 0.2) is 0 Å². The molecule has 0 heterocycles. The molecule has 0 rings (SSSR count). The molecule has 2 atom stereocenters. The van der Waals surface area contributed by atoms with Crippen LogP contribution < -0.4 is 17.7 Å². The number of unbranched alkanes of at least 4 members (excludes halogenated alkanes) is 10. The van der Waals surface area contributed by atoms with Crippen LogP contribution in [0.4, 0.5) is 0 Å². The lowest BCUT2D eigenvalue weighted by Crippen LogP contribution is -3.00. The van der Waals surface area contributed by atoms with Crippen LogP contribution in [0.25, 0.3) is 0 Å². The Kier molecular flexibility index (Phi) is 23.0. The maximum atomic E-state index is 9.17. The second kappa shape index (κ2) is 20.5. The average molecular weight is 370 g/mol. The van der Waals surface area contributed by atoms with Gasteiger partial charge in [-0.05, 0) is 13.3 Å². The summed E-state index contributed by atoms with van der Waals surface area (Å²) in [6.07, 6.45) is 17.3. The number of nitrogens with two attached hydrogens (primary N) is 1. The zero-order valence-corrected chi connectivity index (χ0v) is 17.1. The highest BCUT2D eigenvalue weighted by molar-refractivity contribution is 6.20. The molecule has 0 fully saturated rings. The molecule has 0 aliphatic heterocycles. The van der Waals surface area contributed by atoms with Crippen LogP contribution in [0.1, 0.15) is 97.3 Å². The summed E-state index contributed by atoms with van der Waals surface area (Å²) in [6, 6.07) is 0. The molecule has 2 unspecified atom stereocenters. The molecule has 23 heavy (non-hydrogen) atoms. The second-order valence-electron chi connectivity index (χ2n) is 6.87. The molecule has 0 bridgehead atoms. The minimum absolute atomic E-state index is 0. The van der Waals surface area contributed by atoms with Gasteiger partial charge >= 0.3 is 0 Å². The van der Waals surface area contributed by atoms with Gasteiger partial charge in [-0.2, -0.15) is 0 Å². The fourth-order valence-electron chi connectivity index (χ4n) is 2.83. The summed E-state index contributed by atoms with van der Waals surface area (Å²) in [5, 5.41) is 11.7. The maximum absolute atomic E-state index is 9.17. The standard InChI is InChI=1S/C19H40ClNO.ClH/c1-3-4-5-6-7-8-9-10-11-12-13-14-19(20)15-16-21-17-18(2)22;/h18-19,21-22H,3-17H2,1-2H3;1H. The molecule has 3 N–H and O–H groups in total. The Balaban J connectivity index is 0. The number of aliphatic hydroxyl groups is 1. The highest BCUT2D eigenvalue weighted by Crippen LogP contribution is 2.15. The molecule has 0 aliphatic rings. The summed E-state index contributed by atoms with van der Waals surface area (Å²) in [5.41, 5.74) is 0. The number of hydrogen-bond acceptors (Lipinski definition) is 1. The Bertz CT molecular complexity index is 216. The zero-order valence-electron chi connectivity index (χ0n) is 15.5. The Morgan fingerprint density at radius 2 is 1.30 bits per heavy atom. The third kappa shape index (κ3) is 22.5. The highest BCUT2D eigenvalue weighted by Gasteiger charge is 2.06. The van der Waals surface area contributed by atoms with Crippen LogP contribution >= 0.6 is 11.6 Å². The van der Waals surface area contributed by atoms with Gasteiger partial charge in [0, 0.05) is 11.8 Å². The van der Waals surface area contributed by atoms with Crippen molar-refractivity contribution in [2.75, 3.05) is 13.1 Å². The first kappa shape index (κ1) is 25.7. The van der Waals surface area contributed by atoms with Crippen molar-refractivity contribution in [1.29, 1.82) is 0 Å². The van der Waals surface area contributed by atoms with Gasteiger partial charge in [-0.15, -0.1) is 11.6 Å². The number of aliphatic hydroxyl groups excluding tert-OH is 1. The third-order valence-electron chi connectivity index (χ3n) is 4.31. The van der Waals surface area contributed by atoms with Gasteiger partial charge in [-0.3, -0.25) is 0 Å². The molecule has 0 radical (unpaired) electrons. The minimum Gasteiger partial charge on any atom is -1.00 e. The van der Waals surface area contributed by atoms with Crippen molar-refractivity contribution >= 4 is 11.6 Å². The summed E-state index contributed by atoms with van der Waals surface area (Å²) in [5.74, 6) is 0. The van der Waals surface area contributed by atoms with Crippen molar-refractivity contribution in [3.63, 3.8) is 0 Å². The molecule has 0 aromatic carbocycles. The molecule has 142 valence electrons. The van der Waals surface area contributed by atoms with Crippen molar-refractivity contribution in [3.8, 4) is 0 Å². The molecule has 0 aliphatic carbocycles. The van der Waals surface area contributed by atoms with Crippen molar-refractivity contribution in [2.24, 2.45) is 0 Å². The predicted octanol–water partition coefficient (Wildman–Crippen LogP) is 1.63. The lowest BCUT2D eigenvalue weighted by Gasteiger charge is -2.09. The first-order valence-corrected chi connectivity index (χ1v) is 10.2. The molecule has 2 nitrogen and oxygen atoms in total. The fraction of sp³-hybridized carbons (Fsp3) is 1.00. The van der Waals surface area contributed by atoms with E-state index in [1.165, 1.54) is 70.6 Å². The first-order valence-electron chi connectivity index (χ1n) is 9.80. The van der Waals surface area contributed by atoms with E-state index < -0.39 is 0 Å². The van der Waals surface area contributed by atoms with Gasteiger partial charge < -0.3 is 22.8 Å². The third-order valence-corrected chi connectivity index (χ3v) is 4.75. The Hall–Kier alpha value is 0.500. The predicted molar refractivity (Wildman–Crippen MR) is 98.7 cm³/mol. The first-order chi connectivity index (χ1) is 10.7. The Morgan fingerprint density at radius 3 is 1.78 bits per heavy atom. The molecule has 0 aromatic heterocycles. The van der Waals surface area contributed by atoms with E-state index in [4.69, 9.17) is 16.7 Å². The largest absolute Gasteiger partial charge is 1.00 e. The van der Waals surface area contributed by atoms with Crippen molar-refractivity contribution in [3.05, 3.63) is 0 Å². The van der Waals surface area contributed by atoms with Gasteiger partial charge in [0.2, 0.25) is 0 Å². The maximum Gasteiger partial charge on any atom is 0.102 e. The summed E-state index contributed by atoms with van der Waals surface area (Å²) in [6.45, 7) is 5.94. The molecular weight excluding hydrogens is 329 g/mol. The van der Waals surface area contributed by atoms with Crippen LogP contribution in [0.3, 0.4) is 0 Å². The van der Waals surface area contributed by atoms with E-state index in [-0.39, 0.29) is 18.5 Å². The van der Waals surface area contributed by atoms with E-state index in [0.717, 1.165) is 25.9 Å². The Morgan fingerprint density at radius 1 is 0.826 bits per heavy atom. The number of hydrogen-bond donors (Lipinski definition) is 2. The molecule has 0 saturated heterocycles. The normalized spacial score (nSPS) is 13.6. The van der Waals surface area contributed by atoms with Gasteiger partial charge in [-0.1, -0.05) is 77.6 Å². The molecule has 0 spiro atoms. The summed E-state index contributed by atoms with van der Waals surface area (Å²) in [4.78, 5) is 0. The van der Waals surface area contributed by atoms with Crippen LogP contribution in [0.2, 0.25) is 0 Å². The number of alkyl halides is 1. The average Bonchev–Trinajstić information content (AvgIpc) is 2.49. The van der Waals surface area contributed by atoms with E-state index in [1.807, 2.05) is 6.92 Å². The van der Waals surface area contributed by atoms with Crippen LogP contribution in [0.5, 0.6) is 0 Å². The van der Waals surface area contributed by atoms with Crippen LogP contribution in [0.15, 0.2) is 0 Å². The molecule has 4 heteroatoms. The summed E-state index contributed by atoms with van der Waals surface area (Å²) >= 11 is 6.34. The zero-order chi connectivity index (χ0) is 16.5. The van der Waals surface area contributed by atoms with E-state index in [2.05, 4.69) is 12.2 Å². The minimum atomic E-state index is -0.208. The lowest BCUT2D eigenvalue weighted by atomic mass is 10.0. The highest BCUT2D eigenvalue weighted by atomic mass is 35.5. The summed E-state index contributed by atoms with van der Waals surface area (Å²) < 4.78 is 0. The van der Waals surface area contributed by atoms with Gasteiger partial charge in [0.25, 0.3) is 0 Å². The van der Waals surface area contributed by atoms with Crippen molar-refractivity contribution < 1.29 is 22.8 Å². The smallest absolute Gasteiger partial charge is 0.102 e. The molecule has 0 saturated carbocycles. The molecule has 0 amide bonds. The van der Waals surface area contributed by atoms with Crippen LogP contribution in [0, 0.1) is 0 Å². The SMILES string of the molecule is CCCCCCCCCCCCCC(Cl)CC[NH2+]CC(C)O.[Cl-]. The van der Waals surface area contributed by atoms with Gasteiger partial charge in [-0.25, -0.2) is 0 Å². The van der Waals surface area contributed by atoms with E-state index >= 15 is 0 Å². The van der Waals surface area contributed by atoms with Gasteiger partial charge in [0.05, 0.1) is 12.6 Å². The Labute approximate surface area is 156 Å². The van der Waals surface area contributed by atoms with Gasteiger partial charge in [0.1, 0.15) is 6.54 Å². The molecule has 0 aromatic rings. The number of halogens is 2. The number of rotatable bonds is 17. The quantitative estimate of drug-likeness (QED) is 0.296. The lowest BCUT2D eigenvalue weighted by molar-refractivity contribution is -0.660. The summed E-state index contributed by atoms with van der Waals surface area (Å²) in [7, 11) is 0. The van der Waals surface area contributed by atoms with E-state index in [0.29, 0.717) is 5.38 Å². The number of quaternary nitrogens is 1. The fourth-order valence-corrected chi connectivity index (χ4v) is 3.11. The van der Waals surface area contributed by atoms with E-state index in [1.54, 1.807) is 0 Å².